The second kappa shape index (κ2) is 7.92. The highest BCUT2D eigenvalue weighted by atomic mass is 16.7. The van der Waals surface area contributed by atoms with E-state index in [1.807, 2.05) is 49.4 Å². The van der Waals surface area contributed by atoms with Gasteiger partial charge in [-0.1, -0.05) is 18.2 Å². The zero-order valence-corrected chi connectivity index (χ0v) is 18.8. The molecule has 1 aliphatic carbocycles. The molecule has 2 heterocycles. The van der Waals surface area contributed by atoms with Gasteiger partial charge < -0.3 is 19.7 Å². The molecule has 0 atom stereocenters. The lowest BCUT2D eigenvalue weighted by Crippen LogP contribution is -2.27. The molecule has 0 bridgehead atoms. The van der Waals surface area contributed by atoms with Gasteiger partial charge in [0.1, 0.15) is 5.69 Å². The van der Waals surface area contributed by atoms with Crippen molar-refractivity contribution in [3.8, 4) is 22.6 Å². The highest BCUT2D eigenvalue weighted by Gasteiger charge is 2.51. The van der Waals surface area contributed by atoms with Crippen LogP contribution in [0.15, 0.2) is 54.7 Å². The summed E-state index contributed by atoms with van der Waals surface area (Å²) in [6, 6.07) is 15.2. The summed E-state index contributed by atoms with van der Waals surface area (Å²) < 4.78 is 10.9. The van der Waals surface area contributed by atoms with E-state index in [1.165, 1.54) is 4.90 Å². The van der Waals surface area contributed by atoms with E-state index >= 15 is 0 Å². The number of hydrogen-bond acceptors (Lipinski definition) is 5. The number of benzene rings is 2. The Morgan fingerprint density at radius 3 is 2.48 bits per heavy atom. The monoisotopic (exact) mass is 443 g/mol. The molecule has 1 aliphatic heterocycles. The summed E-state index contributed by atoms with van der Waals surface area (Å²) in [7, 11) is 3.40. The first-order chi connectivity index (χ1) is 15.9. The first kappa shape index (κ1) is 21.0. The van der Waals surface area contributed by atoms with Gasteiger partial charge in [0, 0.05) is 31.5 Å². The Bertz CT molecular complexity index is 1250. The third-order valence-corrected chi connectivity index (χ3v) is 6.31. The van der Waals surface area contributed by atoms with Gasteiger partial charge in [-0.05, 0) is 66.8 Å². The van der Waals surface area contributed by atoms with Crippen LogP contribution in [0.3, 0.4) is 0 Å². The van der Waals surface area contributed by atoms with Gasteiger partial charge in [0.25, 0.3) is 5.91 Å². The third-order valence-electron chi connectivity index (χ3n) is 6.31. The summed E-state index contributed by atoms with van der Waals surface area (Å²) in [4.78, 5) is 31.2. The van der Waals surface area contributed by atoms with Crippen molar-refractivity contribution in [2.45, 2.75) is 25.2 Å². The summed E-state index contributed by atoms with van der Waals surface area (Å²) in [5.74, 6) is 1.23. The second-order valence-electron chi connectivity index (χ2n) is 8.77. The van der Waals surface area contributed by atoms with Gasteiger partial charge in [-0.15, -0.1) is 0 Å². The molecule has 3 aromatic rings. The molecule has 1 fully saturated rings. The SMILES string of the molecule is Cc1ccc(NC(=O)C2(c3ccc4c(c3)OCO4)CC2)cc1-c1ccc(C(=O)N(C)C)nc1. The maximum Gasteiger partial charge on any atom is 0.271 e. The minimum Gasteiger partial charge on any atom is -0.454 e. The molecule has 1 saturated carbocycles. The smallest absolute Gasteiger partial charge is 0.271 e. The van der Waals surface area contributed by atoms with Crippen LogP contribution in [0.5, 0.6) is 11.5 Å². The van der Waals surface area contributed by atoms with Crippen molar-refractivity contribution in [3.63, 3.8) is 0 Å². The number of fused-ring (bicyclic) bond motifs is 1. The molecule has 168 valence electrons. The van der Waals surface area contributed by atoms with Crippen LogP contribution >= 0.6 is 0 Å². The van der Waals surface area contributed by atoms with Gasteiger partial charge in [0.15, 0.2) is 11.5 Å². The molecule has 2 aliphatic rings. The van der Waals surface area contributed by atoms with Crippen LogP contribution in [0.25, 0.3) is 11.1 Å². The average Bonchev–Trinajstić information content (AvgIpc) is 3.50. The molecule has 1 N–H and O–H groups in total. The van der Waals surface area contributed by atoms with Crippen molar-refractivity contribution >= 4 is 17.5 Å². The molecule has 2 amide bonds. The van der Waals surface area contributed by atoms with Gasteiger partial charge in [-0.25, -0.2) is 0 Å². The van der Waals surface area contributed by atoms with E-state index in [1.54, 1.807) is 26.4 Å². The maximum atomic E-state index is 13.3. The summed E-state index contributed by atoms with van der Waals surface area (Å²) in [5, 5.41) is 3.10. The minimum atomic E-state index is -0.540. The first-order valence-corrected chi connectivity index (χ1v) is 10.9. The van der Waals surface area contributed by atoms with Gasteiger partial charge in [0.05, 0.1) is 5.41 Å². The molecular weight excluding hydrogens is 418 g/mol. The van der Waals surface area contributed by atoms with Gasteiger partial charge in [0.2, 0.25) is 12.7 Å². The number of pyridine rings is 1. The predicted octanol–water partition coefficient (Wildman–Crippen LogP) is 4.16. The highest BCUT2D eigenvalue weighted by Crippen LogP contribution is 2.51. The molecule has 7 heteroatoms. The zero-order chi connectivity index (χ0) is 23.2. The van der Waals surface area contributed by atoms with Crippen LogP contribution in [-0.4, -0.2) is 42.6 Å². The molecule has 1 aromatic heterocycles. The fraction of sp³-hybridized carbons (Fsp3) is 0.269. The van der Waals surface area contributed by atoms with E-state index in [-0.39, 0.29) is 18.6 Å². The van der Waals surface area contributed by atoms with Crippen LogP contribution < -0.4 is 14.8 Å². The summed E-state index contributed by atoms with van der Waals surface area (Å²) >= 11 is 0. The Morgan fingerprint density at radius 1 is 1.00 bits per heavy atom. The summed E-state index contributed by atoms with van der Waals surface area (Å²) in [6.45, 7) is 2.22. The number of ether oxygens (including phenoxy) is 2. The molecule has 2 aromatic carbocycles. The van der Waals surface area contributed by atoms with Crippen molar-refractivity contribution in [2.24, 2.45) is 0 Å². The number of rotatable bonds is 5. The van der Waals surface area contributed by atoms with E-state index in [0.717, 1.165) is 40.8 Å². The molecule has 0 radical (unpaired) electrons. The highest BCUT2D eigenvalue weighted by molar-refractivity contribution is 6.02. The maximum absolute atomic E-state index is 13.3. The number of aryl methyl sites for hydroxylation is 1. The second-order valence-corrected chi connectivity index (χ2v) is 8.77. The van der Waals surface area contributed by atoms with Crippen LogP contribution in [0.2, 0.25) is 0 Å². The Morgan fingerprint density at radius 2 is 1.79 bits per heavy atom. The van der Waals surface area contributed by atoms with E-state index < -0.39 is 5.41 Å². The van der Waals surface area contributed by atoms with Crippen LogP contribution in [0.4, 0.5) is 5.69 Å². The zero-order valence-electron chi connectivity index (χ0n) is 18.8. The standard InChI is InChI=1S/C26H25N3O4/c1-16-4-7-19(13-20(16)17-5-8-21(27-14-17)24(30)29(2)3)28-25(31)26(10-11-26)18-6-9-22-23(12-18)33-15-32-22/h4-9,12-14H,10-11,15H2,1-3H3,(H,28,31). The Labute approximate surface area is 192 Å². The minimum absolute atomic E-state index is 0.0266. The number of carbonyl (C=O) groups excluding carboxylic acids is 2. The van der Waals surface area contributed by atoms with Gasteiger partial charge in [-0.2, -0.15) is 0 Å². The van der Waals surface area contributed by atoms with E-state index in [4.69, 9.17) is 9.47 Å². The van der Waals surface area contributed by atoms with E-state index in [0.29, 0.717) is 17.2 Å². The normalized spacial score (nSPS) is 15.1. The lowest BCUT2D eigenvalue weighted by Gasteiger charge is -2.17. The number of carbonyl (C=O) groups is 2. The van der Waals surface area contributed by atoms with Gasteiger partial charge in [-0.3, -0.25) is 14.6 Å². The van der Waals surface area contributed by atoms with Crippen LogP contribution in [-0.2, 0) is 10.2 Å². The lowest BCUT2D eigenvalue weighted by molar-refractivity contribution is -0.118. The number of anilines is 1. The van der Waals surface area contributed by atoms with Crippen LogP contribution in [0, 0.1) is 6.92 Å². The van der Waals surface area contributed by atoms with Crippen LogP contribution in [0.1, 0.15) is 34.5 Å². The molecule has 0 unspecified atom stereocenters. The van der Waals surface area contributed by atoms with Crippen molar-refractivity contribution < 1.29 is 19.1 Å². The number of amides is 2. The molecule has 33 heavy (non-hydrogen) atoms. The first-order valence-electron chi connectivity index (χ1n) is 10.9. The van der Waals surface area contributed by atoms with Crippen molar-refractivity contribution in [3.05, 3.63) is 71.5 Å². The Kier molecular flexibility index (Phi) is 5.04. The molecule has 5 rings (SSSR count). The Hall–Kier alpha value is -3.87. The number of hydrogen-bond donors (Lipinski definition) is 1. The summed E-state index contributed by atoms with van der Waals surface area (Å²) in [5.41, 5.74) is 4.42. The van der Waals surface area contributed by atoms with Gasteiger partial charge >= 0.3 is 0 Å². The molecule has 7 nitrogen and oxygen atoms in total. The largest absolute Gasteiger partial charge is 0.454 e. The quantitative estimate of drug-likeness (QED) is 0.641. The summed E-state index contributed by atoms with van der Waals surface area (Å²) in [6.07, 6.45) is 3.28. The van der Waals surface area contributed by atoms with Crippen molar-refractivity contribution in [1.29, 1.82) is 0 Å². The number of nitrogens with zero attached hydrogens (tertiary/aromatic N) is 2. The number of aromatic nitrogens is 1. The molecular formula is C26H25N3O4. The van der Waals surface area contributed by atoms with E-state index in [9.17, 15) is 9.59 Å². The third kappa shape index (κ3) is 3.80. The van der Waals surface area contributed by atoms with E-state index in [2.05, 4.69) is 10.3 Å². The number of nitrogens with one attached hydrogen (secondary N) is 1. The fourth-order valence-electron chi connectivity index (χ4n) is 4.14. The lowest BCUT2D eigenvalue weighted by atomic mass is 9.94. The Balaban J connectivity index is 1.37. The molecule has 0 spiro atoms. The topological polar surface area (TPSA) is 80.8 Å². The fourth-order valence-corrected chi connectivity index (χ4v) is 4.14. The van der Waals surface area contributed by atoms with Crippen molar-refractivity contribution in [1.82, 2.24) is 9.88 Å². The van der Waals surface area contributed by atoms with Crippen molar-refractivity contribution in [2.75, 3.05) is 26.2 Å². The molecule has 0 saturated heterocycles. The average molecular weight is 444 g/mol. The predicted molar refractivity (Wildman–Crippen MR) is 125 cm³/mol.